The first kappa shape index (κ1) is 18.7. The van der Waals surface area contributed by atoms with Gasteiger partial charge in [-0.25, -0.2) is 5.87 Å². The molecule has 1 atom stereocenters. The number of nitriles is 2. The maximum absolute atomic E-state index is 11.9. The Morgan fingerprint density at radius 1 is 1.35 bits per heavy atom. The van der Waals surface area contributed by atoms with E-state index in [9.17, 15) is 10.1 Å². The van der Waals surface area contributed by atoms with E-state index in [-0.39, 0.29) is 58.7 Å². The molecule has 2 rings (SSSR count). The average Bonchev–Trinajstić information content (AvgIpc) is 2.55. The molecule has 1 N–H and O–H groups in total. The zero-order valence-electron chi connectivity index (χ0n) is 12.8. The van der Waals surface area contributed by atoms with Crippen molar-refractivity contribution in [1.29, 1.82) is 10.5 Å². The molecule has 0 saturated carbocycles. The number of rotatable bonds is 3. The van der Waals surface area contributed by atoms with Gasteiger partial charge in [0.1, 0.15) is 11.8 Å². The second-order valence-corrected chi connectivity index (χ2v) is 4.58. The van der Waals surface area contributed by atoms with E-state index in [0.29, 0.717) is 5.75 Å². The molecular formula is C16H11N4NaO2. The van der Waals surface area contributed by atoms with E-state index in [4.69, 9.17) is 15.4 Å². The minimum Gasteiger partial charge on any atom is -0.762 e. The van der Waals surface area contributed by atoms with Crippen LogP contribution in [0.15, 0.2) is 41.1 Å². The Morgan fingerprint density at radius 2 is 2.00 bits per heavy atom. The summed E-state index contributed by atoms with van der Waals surface area (Å²) in [6.45, 7) is 0. The van der Waals surface area contributed by atoms with Gasteiger partial charge in [-0.15, -0.1) is 0 Å². The molecule has 0 saturated heterocycles. The Balaban J connectivity index is 0.00000264. The van der Waals surface area contributed by atoms with Gasteiger partial charge in [0.05, 0.1) is 30.0 Å². The smallest absolute Gasteiger partial charge is 0.762 e. The minimum atomic E-state index is -0.489. The summed E-state index contributed by atoms with van der Waals surface area (Å²) in [5.41, 5.74) is 0.690. The molecule has 0 spiro atoms. The quantitative estimate of drug-likeness (QED) is 0.428. The largest absolute Gasteiger partial charge is 1.00 e. The molecule has 1 aromatic carbocycles. The number of nitrogens with one attached hydrogen (secondary N) is 1. The van der Waals surface area contributed by atoms with Crippen LogP contribution in [0, 0.1) is 22.7 Å². The molecule has 0 aliphatic carbocycles. The molecule has 1 aliphatic heterocycles. The van der Waals surface area contributed by atoms with Crippen molar-refractivity contribution in [3.63, 3.8) is 0 Å². The number of carbonyl (C=O) groups is 1. The van der Waals surface area contributed by atoms with Gasteiger partial charge in [0.2, 0.25) is 5.91 Å². The summed E-state index contributed by atoms with van der Waals surface area (Å²) in [6, 6.07) is 10.7. The van der Waals surface area contributed by atoms with E-state index < -0.39 is 5.92 Å². The van der Waals surface area contributed by atoms with Crippen LogP contribution in [-0.4, -0.2) is 18.9 Å². The van der Waals surface area contributed by atoms with Crippen LogP contribution in [0.25, 0.3) is 5.41 Å². The number of ether oxygens (including phenoxy) is 1. The van der Waals surface area contributed by atoms with Crippen LogP contribution in [-0.2, 0) is 4.79 Å². The molecule has 1 aliphatic rings. The Bertz CT molecular complexity index is 778. The number of nitrogens with zero attached hydrogens (tertiary/aromatic N) is 3. The van der Waals surface area contributed by atoms with Gasteiger partial charge in [0.25, 0.3) is 0 Å². The van der Waals surface area contributed by atoms with Gasteiger partial charge in [-0.2, -0.15) is 10.5 Å². The molecule has 7 heteroatoms. The molecule has 1 unspecified atom stereocenters. The number of hydrogen-bond donors (Lipinski definition) is 1. The van der Waals surface area contributed by atoms with Crippen molar-refractivity contribution >= 4 is 11.8 Å². The second kappa shape index (κ2) is 8.33. The second-order valence-electron chi connectivity index (χ2n) is 4.58. The van der Waals surface area contributed by atoms with Crippen LogP contribution < -0.4 is 39.6 Å². The number of carbonyl (C=O) groups excluding carboxylic acids is 1. The van der Waals surface area contributed by atoms with E-state index in [1.54, 1.807) is 43.3 Å². The fourth-order valence-electron chi connectivity index (χ4n) is 2.31. The first-order chi connectivity index (χ1) is 10.6. The van der Waals surface area contributed by atoms with Crippen LogP contribution in [0.3, 0.4) is 0 Å². The SMILES string of the molecule is COc1ccc(C2CC(=O)NC(C(=C=[N-])C#N)=C2C#N)cc1.[Na+]. The van der Waals surface area contributed by atoms with Crippen LogP contribution in [0.2, 0.25) is 0 Å². The fourth-order valence-corrected chi connectivity index (χ4v) is 2.31. The van der Waals surface area contributed by atoms with Crippen LogP contribution in [0.5, 0.6) is 5.75 Å². The Labute approximate surface area is 155 Å². The van der Waals surface area contributed by atoms with Crippen molar-refractivity contribution < 1.29 is 39.1 Å². The molecule has 0 radical (unpaired) electrons. The fraction of sp³-hybridized carbons (Fsp3) is 0.188. The van der Waals surface area contributed by atoms with Gasteiger partial charge in [-0.1, -0.05) is 12.1 Å². The van der Waals surface area contributed by atoms with Crippen molar-refractivity contribution in [2.45, 2.75) is 12.3 Å². The van der Waals surface area contributed by atoms with Crippen molar-refractivity contribution in [3.8, 4) is 17.9 Å². The van der Waals surface area contributed by atoms with Crippen LogP contribution in [0.1, 0.15) is 17.9 Å². The van der Waals surface area contributed by atoms with Gasteiger partial charge < -0.3 is 15.5 Å². The van der Waals surface area contributed by atoms with E-state index in [0.717, 1.165) is 5.56 Å². The average molecular weight is 314 g/mol. The van der Waals surface area contributed by atoms with Gasteiger partial charge in [0.15, 0.2) is 0 Å². The first-order valence-electron chi connectivity index (χ1n) is 6.40. The topological polar surface area (TPSA) is 108 Å². The van der Waals surface area contributed by atoms with Gasteiger partial charge in [-0.3, -0.25) is 4.79 Å². The van der Waals surface area contributed by atoms with Gasteiger partial charge >= 0.3 is 29.6 Å². The molecule has 6 nitrogen and oxygen atoms in total. The number of hydrogen-bond acceptors (Lipinski definition) is 4. The predicted molar refractivity (Wildman–Crippen MR) is 78.6 cm³/mol. The Hall–Kier alpha value is -2.34. The molecule has 0 fully saturated rings. The molecule has 23 heavy (non-hydrogen) atoms. The monoisotopic (exact) mass is 314 g/mol. The van der Waals surface area contributed by atoms with E-state index >= 15 is 0 Å². The van der Waals surface area contributed by atoms with Crippen molar-refractivity contribution in [3.05, 3.63) is 52.1 Å². The molecule has 0 bridgehead atoms. The van der Waals surface area contributed by atoms with E-state index in [1.807, 2.05) is 6.07 Å². The summed E-state index contributed by atoms with van der Waals surface area (Å²) in [7, 11) is 1.54. The third-order valence-corrected chi connectivity index (χ3v) is 3.38. The third-order valence-electron chi connectivity index (χ3n) is 3.38. The normalized spacial score (nSPS) is 16.1. The number of methoxy groups -OCH3 is 1. The van der Waals surface area contributed by atoms with Gasteiger partial charge in [0, 0.05) is 12.3 Å². The van der Waals surface area contributed by atoms with Crippen molar-refractivity contribution in [1.82, 2.24) is 5.32 Å². The maximum Gasteiger partial charge on any atom is 1.00 e. The number of allylic oxidation sites excluding steroid dienone is 2. The summed E-state index contributed by atoms with van der Waals surface area (Å²) < 4.78 is 5.08. The van der Waals surface area contributed by atoms with Crippen molar-refractivity contribution in [2.75, 3.05) is 7.11 Å². The molecule has 1 heterocycles. The molecular weight excluding hydrogens is 303 g/mol. The zero-order chi connectivity index (χ0) is 16.1. The van der Waals surface area contributed by atoms with Crippen LogP contribution in [0.4, 0.5) is 0 Å². The summed E-state index contributed by atoms with van der Waals surface area (Å²) in [6.07, 6.45) is 0.0862. The molecule has 0 aromatic heterocycles. The summed E-state index contributed by atoms with van der Waals surface area (Å²) in [5, 5.41) is 29.8. The standard InChI is InChI=1S/C16H11N4O2.Na/c1-22-12-4-2-10(3-5-12)13-6-15(21)20-16(14(13)9-19)11(7-17)8-18;/h2-5,13H,6H2,1H3,(H,20,21);/q-1;+1. The van der Waals surface area contributed by atoms with Crippen molar-refractivity contribution in [2.24, 2.45) is 0 Å². The number of benzene rings is 1. The Morgan fingerprint density at radius 3 is 2.48 bits per heavy atom. The van der Waals surface area contributed by atoms with Crippen LogP contribution >= 0.6 is 0 Å². The minimum absolute atomic E-state index is 0. The van der Waals surface area contributed by atoms with E-state index in [1.165, 1.54) is 0 Å². The van der Waals surface area contributed by atoms with E-state index in [2.05, 4.69) is 5.32 Å². The predicted octanol–water partition coefficient (Wildman–Crippen LogP) is -1.23. The third kappa shape index (κ3) is 3.90. The summed E-state index contributed by atoms with van der Waals surface area (Å²) in [5.74, 6) is 1.54. The number of amides is 1. The Kier molecular flexibility index (Phi) is 6.78. The first-order valence-corrected chi connectivity index (χ1v) is 6.40. The maximum atomic E-state index is 11.9. The molecule has 108 valence electrons. The van der Waals surface area contributed by atoms with Gasteiger partial charge in [-0.05, 0) is 17.7 Å². The molecule has 1 aromatic rings. The summed E-state index contributed by atoms with van der Waals surface area (Å²) >= 11 is 0. The summed E-state index contributed by atoms with van der Waals surface area (Å²) in [4.78, 5) is 11.9. The molecule has 1 amide bonds. The zero-order valence-corrected chi connectivity index (χ0v) is 14.8.